The highest BCUT2D eigenvalue weighted by Gasteiger charge is 2.12. The zero-order valence-corrected chi connectivity index (χ0v) is 9.52. The Morgan fingerprint density at radius 2 is 1.88 bits per heavy atom. The summed E-state index contributed by atoms with van der Waals surface area (Å²) in [7, 11) is 1.56. The molecule has 0 N–H and O–H groups in total. The molecule has 3 nitrogen and oxygen atoms in total. The fourth-order valence-electron chi connectivity index (χ4n) is 1.52. The molecule has 0 aliphatic carbocycles. The second kappa shape index (κ2) is 4.53. The van der Waals surface area contributed by atoms with Crippen molar-refractivity contribution in [1.82, 2.24) is 9.78 Å². The molecule has 1 aromatic heterocycles. The summed E-state index contributed by atoms with van der Waals surface area (Å²) in [5, 5.41) is 4.12. The van der Waals surface area contributed by atoms with Crippen molar-refractivity contribution in [3.8, 4) is 17.1 Å². The molecular weight excluding hydrogens is 226 g/mol. The van der Waals surface area contributed by atoms with Gasteiger partial charge in [-0.1, -0.05) is 29.8 Å². The molecule has 5 heteroatoms. The predicted octanol–water partition coefficient (Wildman–Crippen LogP) is 3.00. The summed E-state index contributed by atoms with van der Waals surface area (Å²) in [6.07, 6.45) is 0. The van der Waals surface area contributed by atoms with Crippen molar-refractivity contribution in [3.63, 3.8) is 0 Å². The predicted molar refractivity (Wildman–Crippen MR) is 60.0 cm³/mol. The van der Waals surface area contributed by atoms with Crippen molar-refractivity contribution >= 4 is 0 Å². The minimum absolute atomic E-state index is 0.0515. The zero-order valence-electron chi connectivity index (χ0n) is 9.52. The number of halogens is 2. The minimum atomic E-state index is -2.84. The van der Waals surface area contributed by atoms with Gasteiger partial charge in [-0.3, -0.25) is 0 Å². The third kappa shape index (κ3) is 2.61. The van der Waals surface area contributed by atoms with E-state index in [1.54, 1.807) is 7.05 Å². The highest BCUT2D eigenvalue weighted by molar-refractivity contribution is 5.60. The Morgan fingerprint density at radius 3 is 2.47 bits per heavy atom. The first-order valence-electron chi connectivity index (χ1n) is 5.12. The second-order valence-corrected chi connectivity index (χ2v) is 3.74. The van der Waals surface area contributed by atoms with Gasteiger partial charge in [-0.05, 0) is 6.92 Å². The van der Waals surface area contributed by atoms with Crippen LogP contribution < -0.4 is 4.74 Å². The Hall–Kier alpha value is -1.91. The molecule has 0 saturated carbocycles. The minimum Gasteiger partial charge on any atom is -0.417 e. The molecule has 0 fully saturated rings. The summed E-state index contributed by atoms with van der Waals surface area (Å²) < 4.78 is 29.8. The van der Waals surface area contributed by atoms with Gasteiger partial charge in [-0.25, -0.2) is 4.68 Å². The van der Waals surface area contributed by atoms with E-state index in [1.165, 1.54) is 10.7 Å². The Labute approximate surface area is 97.6 Å². The first kappa shape index (κ1) is 11.6. The number of benzene rings is 1. The standard InChI is InChI=1S/C12H12F2N2O/c1-8-3-5-9(6-4-8)10-7-11(16(2)15-10)17-12(13)14/h3-7,12H,1-2H3. The zero-order chi connectivity index (χ0) is 12.4. The summed E-state index contributed by atoms with van der Waals surface area (Å²) in [5.74, 6) is 0.0515. The molecule has 2 rings (SSSR count). The molecule has 0 radical (unpaired) electrons. The van der Waals surface area contributed by atoms with E-state index in [0.717, 1.165) is 11.1 Å². The number of hydrogen-bond acceptors (Lipinski definition) is 2. The fourth-order valence-corrected chi connectivity index (χ4v) is 1.52. The molecule has 0 aliphatic rings. The maximum absolute atomic E-state index is 12.1. The van der Waals surface area contributed by atoms with E-state index in [1.807, 2.05) is 31.2 Å². The van der Waals surface area contributed by atoms with Gasteiger partial charge in [0.15, 0.2) is 0 Å². The molecule has 0 saturated heterocycles. The molecule has 17 heavy (non-hydrogen) atoms. The number of alkyl halides is 2. The molecule has 1 aromatic carbocycles. The van der Waals surface area contributed by atoms with Crippen LogP contribution in [0.5, 0.6) is 5.88 Å². The average Bonchev–Trinajstić information content (AvgIpc) is 2.60. The first-order valence-corrected chi connectivity index (χ1v) is 5.12. The van der Waals surface area contributed by atoms with Crippen molar-refractivity contribution in [2.45, 2.75) is 13.5 Å². The van der Waals surface area contributed by atoms with Crippen molar-refractivity contribution in [1.29, 1.82) is 0 Å². The molecule has 0 unspecified atom stereocenters. The topological polar surface area (TPSA) is 27.1 Å². The van der Waals surface area contributed by atoms with Gasteiger partial charge < -0.3 is 4.74 Å². The van der Waals surface area contributed by atoms with E-state index in [4.69, 9.17) is 0 Å². The molecular formula is C12H12F2N2O. The van der Waals surface area contributed by atoms with E-state index < -0.39 is 6.61 Å². The van der Waals surface area contributed by atoms with Gasteiger partial charge in [0.25, 0.3) is 0 Å². The van der Waals surface area contributed by atoms with Crippen LogP contribution in [0.3, 0.4) is 0 Å². The Kier molecular flexibility index (Phi) is 3.08. The molecule has 1 heterocycles. The van der Waals surface area contributed by atoms with E-state index in [9.17, 15) is 8.78 Å². The van der Waals surface area contributed by atoms with Gasteiger partial charge in [0.1, 0.15) is 0 Å². The van der Waals surface area contributed by atoms with Crippen molar-refractivity contribution < 1.29 is 13.5 Å². The normalized spacial score (nSPS) is 10.9. The van der Waals surface area contributed by atoms with Gasteiger partial charge in [0, 0.05) is 18.7 Å². The Bertz CT molecular complexity index is 506. The third-order valence-corrected chi connectivity index (χ3v) is 2.39. The van der Waals surface area contributed by atoms with E-state index in [0.29, 0.717) is 5.69 Å². The van der Waals surface area contributed by atoms with Crippen LogP contribution in [0.4, 0.5) is 8.78 Å². The van der Waals surface area contributed by atoms with Crippen LogP contribution in [0, 0.1) is 6.92 Å². The summed E-state index contributed by atoms with van der Waals surface area (Å²) in [5.41, 5.74) is 2.62. The van der Waals surface area contributed by atoms with E-state index in [2.05, 4.69) is 9.84 Å². The van der Waals surface area contributed by atoms with Crippen LogP contribution in [0.2, 0.25) is 0 Å². The number of aromatic nitrogens is 2. The first-order chi connectivity index (χ1) is 8.06. The number of aryl methyl sites for hydroxylation is 2. The van der Waals surface area contributed by atoms with Gasteiger partial charge >= 0.3 is 6.61 Å². The molecule has 2 aromatic rings. The number of hydrogen-bond donors (Lipinski definition) is 0. The SMILES string of the molecule is Cc1ccc(-c2cc(OC(F)F)n(C)n2)cc1. The van der Waals surface area contributed by atoms with Gasteiger partial charge in [-0.15, -0.1) is 0 Å². The second-order valence-electron chi connectivity index (χ2n) is 3.74. The summed E-state index contributed by atoms with van der Waals surface area (Å²) in [6, 6.07) is 9.17. The third-order valence-electron chi connectivity index (χ3n) is 2.39. The van der Waals surface area contributed by atoms with E-state index in [-0.39, 0.29) is 5.88 Å². The fraction of sp³-hybridized carbons (Fsp3) is 0.250. The van der Waals surface area contributed by atoms with Gasteiger partial charge in [-0.2, -0.15) is 13.9 Å². The van der Waals surface area contributed by atoms with Crippen molar-refractivity contribution in [3.05, 3.63) is 35.9 Å². The lowest BCUT2D eigenvalue weighted by Crippen LogP contribution is -2.05. The summed E-state index contributed by atoms with van der Waals surface area (Å²) in [6.45, 7) is -0.857. The van der Waals surface area contributed by atoms with Crippen LogP contribution in [-0.4, -0.2) is 16.4 Å². The maximum atomic E-state index is 12.1. The molecule has 90 valence electrons. The largest absolute Gasteiger partial charge is 0.417 e. The van der Waals surface area contributed by atoms with Crippen LogP contribution in [0.15, 0.2) is 30.3 Å². The average molecular weight is 238 g/mol. The summed E-state index contributed by atoms with van der Waals surface area (Å²) in [4.78, 5) is 0. The number of nitrogens with zero attached hydrogens (tertiary/aromatic N) is 2. The monoisotopic (exact) mass is 238 g/mol. The highest BCUT2D eigenvalue weighted by atomic mass is 19.3. The lowest BCUT2D eigenvalue weighted by atomic mass is 10.1. The van der Waals surface area contributed by atoms with Crippen LogP contribution in [0.1, 0.15) is 5.56 Å². The molecule has 0 spiro atoms. The lowest BCUT2D eigenvalue weighted by molar-refractivity contribution is -0.0553. The van der Waals surface area contributed by atoms with Gasteiger partial charge in [0.05, 0.1) is 5.69 Å². The molecule has 0 atom stereocenters. The van der Waals surface area contributed by atoms with Crippen LogP contribution in [0.25, 0.3) is 11.3 Å². The summed E-state index contributed by atoms with van der Waals surface area (Å²) >= 11 is 0. The smallest absolute Gasteiger partial charge is 0.388 e. The molecule has 0 bridgehead atoms. The van der Waals surface area contributed by atoms with Crippen LogP contribution in [-0.2, 0) is 7.05 Å². The highest BCUT2D eigenvalue weighted by Crippen LogP contribution is 2.23. The van der Waals surface area contributed by atoms with Crippen molar-refractivity contribution in [2.75, 3.05) is 0 Å². The Balaban J connectivity index is 2.31. The quantitative estimate of drug-likeness (QED) is 0.821. The number of ether oxygens (including phenoxy) is 1. The molecule has 0 amide bonds. The lowest BCUT2D eigenvalue weighted by Gasteiger charge is -2.01. The molecule has 0 aliphatic heterocycles. The van der Waals surface area contributed by atoms with Gasteiger partial charge in [0.2, 0.25) is 5.88 Å². The Morgan fingerprint density at radius 1 is 1.24 bits per heavy atom. The van der Waals surface area contributed by atoms with E-state index >= 15 is 0 Å². The van der Waals surface area contributed by atoms with Crippen LogP contribution >= 0.6 is 0 Å². The maximum Gasteiger partial charge on any atom is 0.388 e. The number of rotatable bonds is 3. The van der Waals surface area contributed by atoms with Crippen molar-refractivity contribution in [2.24, 2.45) is 7.05 Å².